The number of aromatic nitrogens is 2. The molecule has 1 aromatic heterocycles. The minimum absolute atomic E-state index is 0.547. The zero-order valence-electron chi connectivity index (χ0n) is 12.2. The summed E-state index contributed by atoms with van der Waals surface area (Å²) in [6.07, 6.45) is 1.20. The third-order valence-corrected chi connectivity index (χ3v) is 4.76. The summed E-state index contributed by atoms with van der Waals surface area (Å²) in [7, 11) is 4.06. The van der Waals surface area contributed by atoms with E-state index in [0.29, 0.717) is 5.75 Å². The molecule has 6 heteroatoms. The molecule has 1 atom stereocenters. The lowest BCUT2D eigenvalue weighted by molar-refractivity contribution is 0.189. The molecule has 1 unspecified atom stereocenters. The molecule has 2 rings (SSSR count). The number of aliphatic hydroxyl groups is 1. The Morgan fingerprint density at radius 1 is 1.33 bits per heavy atom. The fraction of sp³-hybridized carbons (Fsp3) is 0.400. The van der Waals surface area contributed by atoms with Gasteiger partial charge < -0.3 is 10.0 Å². The summed E-state index contributed by atoms with van der Waals surface area (Å²) in [5.74, 6) is 0.607. The van der Waals surface area contributed by atoms with Crippen LogP contribution in [0, 0.1) is 0 Å². The molecule has 0 aliphatic heterocycles. The zero-order valence-corrected chi connectivity index (χ0v) is 14.6. The van der Waals surface area contributed by atoms with Gasteiger partial charge in [0.15, 0.2) is 0 Å². The van der Waals surface area contributed by atoms with Gasteiger partial charge in [-0.3, -0.25) is 4.68 Å². The number of hydrogen-bond donors (Lipinski definition) is 1. The molecule has 0 amide bonds. The van der Waals surface area contributed by atoms with E-state index in [1.54, 1.807) is 18.0 Å². The van der Waals surface area contributed by atoms with E-state index >= 15 is 0 Å². The van der Waals surface area contributed by atoms with E-state index in [2.05, 4.69) is 38.1 Å². The molecule has 0 spiro atoms. The van der Waals surface area contributed by atoms with E-state index < -0.39 is 6.10 Å². The lowest BCUT2D eigenvalue weighted by Crippen LogP contribution is -2.21. The lowest BCUT2D eigenvalue weighted by Gasteiger charge is -2.16. The molecule has 1 aromatic carbocycles. The van der Waals surface area contributed by atoms with Crippen LogP contribution in [-0.4, -0.2) is 46.2 Å². The summed E-state index contributed by atoms with van der Waals surface area (Å²) in [6.45, 7) is 1.65. The maximum atomic E-state index is 10.5. The molecule has 0 aliphatic rings. The Balaban J connectivity index is 2.01. The van der Waals surface area contributed by atoms with E-state index in [0.717, 1.165) is 28.2 Å². The number of nitrogens with zero attached hydrogens (tertiary/aromatic N) is 3. The number of benzene rings is 1. The van der Waals surface area contributed by atoms with Crippen molar-refractivity contribution in [1.29, 1.82) is 0 Å². The summed E-state index contributed by atoms with van der Waals surface area (Å²) >= 11 is 5.13. The van der Waals surface area contributed by atoms with Crippen molar-refractivity contribution in [3.63, 3.8) is 0 Å². The van der Waals surface area contributed by atoms with Gasteiger partial charge >= 0.3 is 0 Å². The first-order valence-corrected chi connectivity index (χ1v) is 8.57. The average Bonchev–Trinajstić information content (AvgIpc) is 2.85. The third kappa shape index (κ3) is 4.85. The van der Waals surface area contributed by atoms with Crippen LogP contribution in [0.15, 0.2) is 45.9 Å². The van der Waals surface area contributed by atoms with Gasteiger partial charge in [0, 0.05) is 17.2 Å². The van der Waals surface area contributed by atoms with Crippen LogP contribution in [0.3, 0.4) is 0 Å². The van der Waals surface area contributed by atoms with Crippen LogP contribution >= 0.6 is 27.7 Å². The van der Waals surface area contributed by atoms with Crippen LogP contribution < -0.4 is 0 Å². The standard InChI is InChI=1S/C15H20BrN3OS/c1-18(2)8-9-19-15(13(16)10-17-19)14(20)11-21-12-6-4-3-5-7-12/h3-7,10,14,20H,8-9,11H2,1-2H3. The minimum Gasteiger partial charge on any atom is -0.386 e. The molecular weight excluding hydrogens is 350 g/mol. The highest BCUT2D eigenvalue weighted by Gasteiger charge is 2.18. The smallest absolute Gasteiger partial charge is 0.106 e. The summed E-state index contributed by atoms with van der Waals surface area (Å²) in [5.41, 5.74) is 0.847. The Morgan fingerprint density at radius 3 is 2.71 bits per heavy atom. The molecular formula is C15H20BrN3OS. The van der Waals surface area contributed by atoms with Crippen LogP contribution in [0.5, 0.6) is 0 Å². The van der Waals surface area contributed by atoms with Crippen molar-refractivity contribution in [2.75, 3.05) is 26.4 Å². The monoisotopic (exact) mass is 369 g/mol. The molecule has 1 heterocycles. The van der Waals surface area contributed by atoms with E-state index in [-0.39, 0.29) is 0 Å². The summed E-state index contributed by atoms with van der Waals surface area (Å²) < 4.78 is 2.74. The van der Waals surface area contributed by atoms with Gasteiger partial charge in [-0.05, 0) is 42.2 Å². The van der Waals surface area contributed by atoms with Gasteiger partial charge in [-0.25, -0.2) is 0 Å². The quantitative estimate of drug-likeness (QED) is 0.761. The van der Waals surface area contributed by atoms with Crippen molar-refractivity contribution in [3.8, 4) is 0 Å². The van der Waals surface area contributed by atoms with Gasteiger partial charge in [-0.15, -0.1) is 11.8 Å². The fourth-order valence-corrected chi connectivity index (χ4v) is 3.37. The molecule has 2 aromatic rings. The van der Waals surface area contributed by atoms with E-state index in [9.17, 15) is 5.11 Å². The maximum absolute atomic E-state index is 10.5. The molecule has 0 saturated heterocycles. The number of rotatable bonds is 7. The topological polar surface area (TPSA) is 41.3 Å². The summed E-state index contributed by atoms with van der Waals surface area (Å²) in [4.78, 5) is 3.26. The van der Waals surface area contributed by atoms with Gasteiger partial charge in [-0.1, -0.05) is 18.2 Å². The maximum Gasteiger partial charge on any atom is 0.106 e. The van der Waals surface area contributed by atoms with Crippen molar-refractivity contribution in [2.24, 2.45) is 0 Å². The first-order chi connectivity index (χ1) is 10.1. The lowest BCUT2D eigenvalue weighted by atomic mass is 10.3. The average molecular weight is 370 g/mol. The molecule has 1 N–H and O–H groups in total. The van der Waals surface area contributed by atoms with Crippen LogP contribution in [-0.2, 0) is 6.54 Å². The Labute approximate surface area is 138 Å². The predicted octanol–water partition coefficient (Wildman–Crippen LogP) is 3.03. The molecule has 114 valence electrons. The van der Waals surface area contributed by atoms with Crippen molar-refractivity contribution in [2.45, 2.75) is 17.5 Å². The second kappa shape index (κ2) is 7.98. The second-order valence-corrected chi connectivity index (χ2v) is 6.99. The van der Waals surface area contributed by atoms with E-state index in [1.807, 2.05) is 37.0 Å². The first-order valence-electron chi connectivity index (χ1n) is 6.79. The van der Waals surface area contributed by atoms with Crippen LogP contribution in [0.4, 0.5) is 0 Å². The summed E-state index contributed by atoms with van der Waals surface area (Å²) in [5, 5.41) is 14.8. The SMILES string of the molecule is CN(C)CCn1ncc(Br)c1C(O)CSc1ccccc1. The molecule has 0 bridgehead atoms. The highest BCUT2D eigenvalue weighted by atomic mass is 79.9. The highest BCUT2D eigenvalue weighted by molar-refractivity contribution is 9.10. The van der Waals surface area contributed by atoms with Gasteiger partial charge in [0.05, 0.1) is 22.9 Å². The van der Waals surface area contributed by atoms with Crippen molar-refractivity contribution in [1.82, 2.24) is 14.7 Å². The Kier molecular flexibility index (Phi) is 6.29. The number of likely N-dealkylation sites (N-methyl/N-ethyl adjacent to an activating group) is 1. The number of halogens is 1. The predicted molar refractivity (Wildman–Crippen MR) is 90.6 cm³/mol. The number of aliphatic hydroxyl groups excluding tert-OH is 1. The number of hydrogen-bond acceptors (Lipinski definition) is 4. The molecule has 0 radical (unpaired) electrons. The van der Waals surface area contributed by atoms with E-state index in [4.69, 9.17) is 0 Å². The summed E-state index contributed by atoms with van der Waals surface area (Å²) in [6, 6.07) is 10.1. The van der Waals surface area contributed by atoms with Crippen molar-refractivity contribution < 1.29 is 5.11 Å². The molecule has 0 fully saturated rings. The Hall–Kier alpha value is -0.820. The van der Waals surface area contributed by atoms with Gasteiger partial charge in [-0.2, -0.15) is 5.10 Å². The Morgan fingerprint density at radius 2 is 2.05 bits per heavy atom. The third-order valence-electron chi connectivity index (χ3n) is 3.06. The first kappa shape index (κ1) is 16.5. The normalized spacial score (nSPS) is 12.8. The molecule has 21 heavy (non-hydrogen) atoms. The van der Waals surface area contributed by atoms with Gasteiger partial charge in [0.1, 0.15) is 6.10 Å². The largest absolute Gasteiger partial charge is 0.386 e. The van der Waals surface area contributed by atoms with Crippen LogP contribution in [0.1, 0.15) is 11.8 Å². The highest BCUT2D eigenvalue weighted by Crippen LogP contribution is 2.28. The fourth-order valence-electron chi connectivity index (χ4n) is 1.95. The second-order valence-electron chi connectivity index (χ2n) is 5.04. The van der Waals surface area contributed by atoms with Crippen LogP contribution in [0.25, 0.3) is 0 Å². The minimum atomic E-state index is -0.547. The van der Waals surface area contributed by atoms with E-state index in [1.165, 1.54) is 0 Å². The van der Waals surface area contributed by atoms with Crippen molar-refractivity contribution in [3.05, 3.63) is 46.7 Å². The van der Waals surface area contributed by atoms with Crippen molar-refractivity contribution >= 4 is 27.7 Å². The zero-order chi connectivity index (χ0) is 15.2. The van der Waals surface area contributed by atoms with Gasteiger partial charge in [0.2, 0.25) is 0 Å². The molecule has 0 saturated carbocycles. The van der Waals surface area contributed by atoms with Gasteiger partial charge in [0.25, 0.3) is 0 Å². The molecule has 4 nitrogen and oxygen atoms in total. The number of thioether (sulfide) groups is 1. The van der Waals surface area contributed by atoms with Crippen LogP contribution in [0.2, 0.25) is 0 Å². The Bertz CT molecular complexity index is 559. The molecule has 0 aliphatic carbocycles.